The minimum absolute atomic E-state index is 0.221. The van der Waals surface area contributed by atoms with Gasteiger partial charge in [0.25, 0.3) is 5.91 Å². The second-order valence-corrected chi connectivity index (χ2v) is 9.28. The highest BCUT2D eigenvalue weighted by Gasteiger charge is 2.35. The number of carbonyl (C=O) groups is 1. The maximum atomic E-state index is 12.5. The lowest BCUT2D eigenvalue weighted by atomic mass is 10.2. The molecule has 26 heavy (non-hydrogen) atoms. The number of hydrogen-bond acceptors (Lipinski definition) is 2. The first kappa shape index (κ1) is 21.5. The van der Waals surface area contributed by atoms with E-state index in [-0.39, 0.29) is 11.0 Å². The first-order valence-electron chi connectivity index (χ1n) is 7.43. The van der Waals surface area contributed by atoms with Gasteiger partial charge in [-0.15, -0.1) is 0 Å². The molecular weight excluding hydrogens is 528 g/mol. The van der Waals surface area contributed by atoms with Crippen LogP contribution < -0.4 is 16.0 Å². The number of alkyl halides is 3. The maximum Gasteiger partial charge on any atom is 0.254 e. The smallest absolute Gasteiger partial charge is 0.254 e. The van der Waals surface area contributed by atoms with Crippen LogP contribution in [0.15, 0.2) is 48.5 Å². The number of thiocarbonyl (C=S) groups is 1. The van der Waals surface area contributed by atoms with Crippen molar-refractivity contribution in [3.63, 3.8) is 0 Å². The normalized spacial score (nSPS) is 12.2. The van der Waals surface area contributed by atoms with Gasteiger partial charge in [-0.3, -0.25) is 4.79 Å². The average Bonchev–Trinajstić information content (AvgIpc) is 2.56. The van der Waals surface area contributed by atoms with E-state index in [1.54, 1.807) is 12.1 Å². The van der Waals surface area contributed by atoms with Gasteiger partial charge in [-0.25, -0.2) is 0 Å². The quantitative estimate of drug-likeness (QED) is 0.220. The second-order valence-electron chi connectivity index (χ2n) is 5.34. The first-order valence-corrected chi connectivity index (χ1v) is 10.1. The van der Waals surface area contributed by atoms with E-state index in [9.17, 15) is 4.79 Å². The highest BCUT2D eigenvalue weighted by Crippen LogP contribution is 2.29. The number of amides is 1. The minimum atomic E-state index is -1.81. The molecule has 0 spiro atoms. The zero-order chi connectivity index (χ0) is 19.3. The number of anilines is 1. The molecule has 138 valence electrons. The fraction of sp³-hybridized carbons (Fsp3) is 0.176. The van der Waals surface area contributed by atoms with Crippen molar-refractivity contribution in [2.75, 3.05) is 5.32 Å². The van der Waals surface area contributed by atoms with Crippen molar-refractivity contribution in [2.24, 2.45) is 0 Å². The average molecular weight is 543 g/mol. The molecule has 0 saturated heterocycles. The van der Waals surface area contributed by atoms with Gasteiger partial charge in [-0.05, 0) is 65.5 Å². The van der Waals surface area contributed by atoms with Crippen molar-refractivity contribution >= 4 is 86.3 Å². The maximum absolute atomic E-state index is 12.5. The summed E-state index contributed by atoms with van der Waals surface area (Å²) in [5, 5.41) is 8.76. The van der Waals surface area contributed by atoms with Crippen LogP contribution in [0, 0.1) is 10.5 Å². The molecule has 1 atom stereocenters. The van der Waals surface area contributed by atoms with Crippen LogP contribution in [-0.4, -0.2) is 21.0 Å². The largest absolute Gasteiger partial charge is 0.339 e. The molecule has 9 heteroatoms. The third-order valence-electron chi connectivity index (χ3n) is 3.39. The first-order chi connectivity index (χ1) is 12.2. The van der Waals surface area contributed by atoms with Crippen LogP contribution in [0.25, 0.3) is 0 Å². The lowest BCUT2D eigenvalue weighted by molar-refractivity contribution is 0.0933. The predicted octanol–water partition coefficient (Wildman–Crippen LogP) is 5.01. The topological polar surface area (TPSA) is 53.2 Å². The molecule has 0 bridgehead atoms. The van der Waals surface area contributed by atoms with Gasteiger partial charge in [0.1, 0.15) is 6.17 Å². The highest BCUT2D eigenvalue weighted by atomic mass is 127. The van der Waals surface area contributed by atoms with Gasteiger partial charge in [0.05, 0.1) is 5.56 Å². The zero-order valence-electron chi connectivity index (χ0n) is 13.5. The molecule has 2 aromatic carbocycles. The van der Waals surface area contributed by atoms with E-state index < -0.39 is 9.96 Å². The Balaban J connectivity index is 2.10. The Morgan fingerprint density at radius 2 is 1.69 bits per heavy atom. The Morgan fingerprint density at radius 3 is 2.31 bits per heavy atom. The number of benzene rings is 2. The van der Waals surface area contributed by atoms with Gasteiger partial charge >= 0.3 is 0 Å². The zero-order valence-corrected chi connectivity index (χ0v) is 18.8. The number of carbonyl (C=O) groups excluding carboxylic acids is 1. The lowest BCUT2D eigenvalue weighted by Crippen LogP contribution is -2.56. The van der Waals surface area contributed by atoms with E-state index in [1.165, 1.54) is 0 Å². The number of para-hydroxylation sites is 1. The second kappa shape index (κ2) is 9.41. The molecular formula is C17H15Cl3IN3OS. The predicted molar refractivity (Wildman–Crippen MR) is 121 cm³/mol. The Labute approximate surface area is 186 Å². The lowest BCUT2D eigenvalue weighted by Gasteiger charge is -2.28. The van der Waals surface area contributed by atoms with Gasteiger partial charge in [0, 0.05) is 9.26 Å². The van der Waals surface area contributed by atoms with Gasteiger partial charge in [-0.2, -0.15) is 0 Å². The van der Waals surface area contributed by atoms with Gasteiger partial charge in [-0.1, -0.05) is 65.1 Å². The highest BCUT2D eigenvalue weighted by molar-refractivity contribution is 14.1. The summed E-state index contributed by atoms with van der Waals surface area (Å²) >= 11 is 25.4. The Morgan fingerprint density at radius 1 is 1.08 bits per heavy atom. The Kier molecular flexibility index (Phi) is 7.78. The van der Waals surface area contributed by atoms with Crippen LogP contribution >= 0.6 is 69.6 Å². The van der Waals surface area contributed by atoms with Gasteiger partial charge in [0.2, 0.25) is 3.79 Å². The summed E-state index contributed by atoms with van der Waals surface area (Å²) in [4.78, 5) is 12.5. The Hall–Kier alpha value is -0.800. The van der Waals surface area contributed by atoms with E-state index in [0.29, 0.717) is 5.56 Å². The molecule has 0 aliphatic rings. The molecule has 2 aromatic rings. The standard InChI is InChI=1S/C17H15Cl3IN3OS/c1-10-6-2-5-9-13(10)22-16(26)24-15(17(18,19)20)23-14(25)11-7-3-4-8-12(11)21/h2-9,15H,1H3,(H,23,25)(H2,22,24,26)/t15-/m0/s1. The van der Waals surface area contributed by atoms with E-state index in [4.69, 9.17) is 47.0 Å². The summed E-state index contributed by atoms with van der Waals surface area (Å²) in [5.74, 6) is -0.377. The van der Waals surface area contributed by atoms with Crippen molar-refractivity contribution < 1.29 is 4.79 Å². The third kappa shape index (κ3) is 6.13. The summed E-state index contributed by atoms with van der Waals surface area (Å²) < 4.78 is -1.03. The Bertz CT molecular complexity index is 814. The summed E-state index contributed by atoms with van der Waals surface area (Å²) in [6.45, 7) is 1.94. The van der Waals surface area contributed by atoms with Crippen molar-refractivity contribution in [3.05, 3.63) is 63.2 Å². The van der Waals surface area contributed by atoms with Crippen molar-refractivity contribution in [3.8, 4) is 0 Å². The number of aryl methyl sites for hydroxylation is 1. The van der Waals surface area contributed by atoms with E-state index in [1.807, 2.05) is 43.3 Å². The van der Waals surface area contributed by atoms with E-state index in [0.717, 1.165) is 14.8 Å². The summed E-state index contributed by atoms with van der Waals surface area (Å²) in [7, 11) is 0. The number of nitrogens with one attached hydrogen (secondary N) is 3. The number of rotatable bonds is 4. The third-order valence-corrected chi connectivity index (χ3v) is 5.21. The molecule has 0 aromatic heterocycles. The molecule has 0 aliphatic carbocycles. The van der Waals surface area contributed by atoms with Crippen molar-refractivity contribution in [2.45, 2.75) is 16.9 Å². The summed E-state index contributed by atoms with van der Waals surface area (Å²) in [5.41, 5.74) is 2.30. The molecule has 2 rings (SSSR count). The molecule has 0 heterocycles. The van der Waals surface area contributed by atoms with Crippen LogP contribution in [0.4, 0.5) is 5.69 Å². The van der Waals surface area contributed by atoms with Crippen molar-refractivity contribution in [1.29, 1.82) is 0 Å². The molecule has 0 fully saturated rings. The number of halogens is 4. The minimum Gasteiger partial charge on any atom is -0.339 e. The monoisotopic (exact) mass is 541 g/mol. The van der Waals surface area contributed by atoms with E-state index in [2.05, 4.69) is 38.5 Å². The number of hydrogen-bond donors (Lipinski definition) is 3. The van der Waals surface area contributed by atoms with Gasteiger partial charge in [0.15, 0.2) is 5.11 Å². The molecule has 4 nitrogen and oxygen atoms in total. The summed E-state index contributed by atoms with van der Waals surface area (Å²) in [6, 6.07) is 14.7. The fourth-order valence-electron chi connectivity index (χ4n) is 2.06. The van der Waals surface area contributed by atoms with Crippen LogP contribution in [0.3, 0.4) is 0 Å². The summed E-state index contributed by atoms with van der Waals surface area (Å²) in [6.07, 6.45) is -1.03. The molecule has 3 N–H and O–H groups in total. The fourth-order valence-corrected chi connectivity index (χ4v) is 3.24. The van der Waals surface area contributed by atoms with Crippen LogP contribution in [-0.2, 0) is 0 Å². The molecule has 0 radical (unpaired) electrons. The molecule has 0 unspecified atom stereocenters. The molecule has 1 amide bonds. The SMILES string of the molecule is Cc1ccccc1NC(=S)N[C@H](NC(=O)c1ccccc1I)C(Cl)(Cl)Cl. The van der Waals surface area contributed by atoms with E-state index >= 15 is 0 Å². The van der Waals surface area contributed by atoms with Crippen LogP contribution in [0.2, 0.25) is 0 Å². The molecule has 0 saturated carbocycles. The van der Waals surface area contributed by atoms with Crippen LogP contribution in [0.1, 0.15) is 15.9 Å². The van der Waals surface area contributed by atoms with Gasteiger partial charge < -0.3 is 16.0 Å². The van der Waals surface area contributed by atoms with Crippen LogP contribution in [0.5, 0.6) is 0 Å². The van der Waals surface area contributed by atoms with Crippen molar-refractivity contribution in [1.82, 2.24) is 10.6 Å². The molecule has 0 aliphatic heterocycles.